The Morgan fingerprint density at radius 1 is 0.944 bits per heavy atom. The average Bonchev–Trinajstić information content (AvgIpc) is 2.37. The molecule has 0 radical (unpaired) electrons. The molecule has 18 heavy (non-hydrogen) atoms. The van der Waals surface area contributed by atoms with E-state index in [2.05, 4.69) is 27.4 Å². The Bertz CT molecular complexity index is 210. The Hall–Kier alpha value is -0.163. The van der Waals surface area contributed by atoms with E-state index in [0.29, 0.717) is 0 Å². The van der Waals surface area contributed by atoms with Gasteiger partial charge in [-0.2, -0.15) is 0 Å². The molecule has 0 aliphatic heterocycles. The predicted octanol–water partition coefficient (Wildman–Crippen LogP) is 4.10. The number of hydrogen-bond donors (Lipinski definition) is 0. The van der Waals surface area contributed by atoms with Crippen molar-refractivity contribution in [2.24, 2.45) is 0 Å². The van der Waals surface area contributed by atoms with Crippen LogP contribution in [0.15, 0.2) is 12.3 Å². The van der Waals surface area contributed by atoms with Crippen LogP contribution in [0.1, 0.15) is 59.3 Å². The van der Waals surface area contributed by atoms with Gasteiger partial charge in [-0.25, -0.2) is 0 Å². The van der Waals surface area contributed by atoms with E-state index in [1.54, 1.807) is 19.9 Å². The van der Waals surface area contributed by atoms with Gasteiger partial charge in [-0.15, -0.1) is 0 Å². The highest BCUT2D eigenvalue weighted by molar-refractivity contribution is 6.66. The maximum absolute atomic E-state index is 6.37. The van der Waals surface area contributed by atoms with Crippen LogP contribution in [0, 0.1) is 0 Å². The van der Waals surface area contributed by atoms with Crippen molar-refractivity contribution in [2.75, 3.05) is 14.2 Å². The quantitative estimate of drug-likeness (QED) is 0.531. The summed E-state index contributed by atoms with van der Waals surface area (Å²) in [6.07, 6.45) is 6.46. The standard InChI is InChI=1S/C14H30O3Si/c1-7-11-14(12-8-2,13-9-3)17-18(10-4,15-5)16-6/h10H,4,7-9,11-13H2,1-3,5-6H3. The van der Waals surface area contributed by atoms with Gasteiger partial charge in [0.15, 0.2) is 0 Å². The molecule has 0 aromatic rings. The molecule has 0 fully saturated rings. The molecule has 0 spiro atoms. The lowest BCUT2D eigenvalue weighted by Gasteiger charge is -2.39. The third kappa shape index (κ3) is 4.84. The van der Waals surface area contributed by atoms with Crippen LogP contribution in [-0.4, -0.2) is 28.6 Å². The minimum atomic E-state index is -2.70. The van der Waals surface area contributed by atoms with Gasteiger partial charge in [0, 0.05) is 14.2 Å². The van der Waals surface area contributed by atoms with Crippen LogP contribution in [0.25, 0.3) is 0 Å². The molecule has 0 saturated carbocycles. The molecule has 108 valence electrons. The number of rotatable bonds is 11. The zero-order chi connectivity index (χ0) is 14.1. The lowest BCUT2D eigenvalue weighted by atomic mass is 9.88. The van der Waals surface area contributed by atoms with E-state index in [0.717, 1.165) is 38.5 Å². The first-order valence-electron chi connectivity index (χ1n) is 7.01. The van der Waals surface area contributed by atoms with Crippen molar-refractivity contribution >= 4 is 8.80 Å². The zero-order valence-electron chi connectivity index (χ0n) is 12.8. The van der Waals surface area contributed by atoms with Crippen molar-refractivity contribution < 1.29 is 13.3 Å². The summed E-state index contributed by atoms with van der Waals surface area (Å²) >= 11 is 0. The summed E-state index contributed by atoms with van der Waals surface area (Å²) < 4.78 is 17.4. The van der Waals surface area contributed by atoms with Gasteiger partial charge >= 0.3 is 8.80 Å². The largest absolute Gasteiger partial charge is 0.528 e. The Morgan fingerprint density at radius 2 is 1.33 bits per heavy atom. The van der Waals surface area contributed by atoms with Crippen LogP contribution < -0.4 is 0 Å². The average molecular weight is 274 g/mol. The molecule has 0 saturated heterocycles. The molecule has 0 aliphatic carbocycles. The topological polar surface area (TPSA) is 27.7 Å². The van der Waals surface area contributed by atoms with Crippen molar-refractivity contribution in [3.8, 4) is 0 Å². The zero-order valence-corrected chi connectivity index (χ0v) is 13.8. The normalized spacial score (nSPS) is 12.7. The van der Waals surface area contributed by atoms with Crippen LogP contribution in [0.2, 0.25) is 0 Å². The van der Waals surface area contributed by atoms with E-state index in [1.807, 2.05) is 0 Å². The van der Waals surface area contributed by atoms with Gasteiger partial charge in [0.2, 0.25) is 0 Å². The maximum Gasteiger partial charge on any atom is 0.528 e. The fraction of sp³-hybridized carbons (Fsp3) is 0.857. The van der Waals surface area contributed by atoms with Crippen LogP contribution in [-0.2, 0) is 13.3 Å². The summed E-state index contributed by atoms with van der Waals surface area (Å²) in [7, 11) is 0.589. The molecular weight excluding hydrogens is 244 g/mol. The van der Waals surface area contributed by atoms with Crippen molar-refractivity contribution in [2.45, 2.75) is 64.9 Å². The molecule has 0 unspecified atom stereocenters. The van der Waals surface area contributed by atoms with Gasteiger partial charge in [0.25, 0.3) is 0 Å². The highest BCUT2D eigenvalue weighted by Gasteiger charge is 2.44. The second-order valence-electron chi connectivity index (χ2n) is 4.75. The summed E-state index contributed by atoms with van der Waals surface area (Å²) in [6, 6.07) is 0. The van der Waals surface area contributed by atoms with Gasteiger partial charge in [-0.3, -0.25) is 0 Å². The van der Waals surface area contributed by atoms with Crippen LogP contribution in [0.4, 0.5) is 0 Å². The first kappa shape index (κ1) is 17.8. The van der Waals surface area contributed by atoms with Crippen LogP contribution in [0.5, 0.6) is 0 Å². The molecule has 0 aliphatic rings. The maximum atomic E-state index is 6.37. The minimum Gasteiger partial charge on any atom is -0.374 e. The molecule has 0 aromatic carbocycles. The summed E-state index contributed by atoms with van der Waals surface area (Å²) in [5.74, 6) is 0. The third-order valence-electron chi connectivity index (χ3n) is 3.29. The molecule has 0 heterocycles. The van der Waals surface area contributed by atoms with E-state index in [9.17, 15) is 0 Å². The number of hydrogen-bond acceptors (Lipinski definition) is 3. The van der Waals surface area contributed by atoms with Crippen molar-refractivity contribution in [1.29, 1.82) is 0 Å². The Balaban J connectivity index is 5.08. The van der Waals surface area contributed by atoms with Gasteiger partial charge in [-0.05, 0) is 25.0 Å². The van der Waals surface area contributed by atoms with E-state index < -0.39 is 8.80 Å². The lowest BCUT2D eigenvalue weighted by Crippen LogP contribution is -2.51. The molecule has 0 amide bonds. The summed E-state index contributed by atoms with van der Waals surface area (Å²) in [4.78, 5) is 0. The monoisotopic (exact) mass is 274 g/mol. The molecular formula is C14H30O3Si. The van der Waals surface area contributed by atoms with Crippen molar-refractivity contribution in [3.05, 3.63) is 12.3 Å². The summed E-state index contributed by atoms with van der Waals surface area (Å²) in [6.45, 7) is 10.4. The SMILES string of the molecule is C=C[Si](OC)(OC)OC(CCC)(CCC)CCC. The highest BCUT2D eigenvalue weighted by Crippen LogP contribution is 2.33. The molecule has 0 rings (SSSR count). The second-order valence-corrected chi connectivity index (χ2v) is 7.39. The highest BCUT2D eigenvalue weighted by atomic mass is 28.4. The molecule has 0 aromatic heterocycles. The fourth-order valence-corrected chi connectivity index (χ4v) is 4.23. The van der Waals surface area contributed by atoms with Crippen molar-refractivity contribution in [1.82, 2.24) is 0 Å². The molecule has 0 atom stereocenters. The van der Waals surface area contributed by atoms with E-state index in [1.165, 1.54) is 0 Å². The third-order valence-corrected chi connectivity index (χ3v) is 5.65. The van der Waals surface area contributed by atoms with E-state index in [4.69, 9.17) is 13.3 Å². The Kier molecular flexibility index (Phi) is 8.78. The van der Waals surface area contributed by atoms with Crippen LogP contribution >= 0.6 is 0 Å². The predicted molar refractivity (Wildman–Crippen MR) is 78.5 cm³/mol. The molecule has 4 heteroatoms. The Morgan fingerprint density at radius 3 is 1.56 bits per heavy atom. The van der Waals surface area contributed by atoms with Gasteiger partial charge < -0.3 is 13.3 Å². The molecule has 3 nitrogen and oxygen atoms in total. The van der Waals surface area contributed by atoms with Gasteiger partial charge in [-0.1, -0.05) is 46.6 Å². The summed E-state index contributed by atoms with van der Waals surface area (Å²) in [5.41, 5.74) is 1.60. The van der Waals surface area contributed by atoms with Crippen LogP contribution in [0.3, 0.4) is 0 Å². The minimum absolute atomic E-state index is 0.120. The van der Waals surface area contributed by atoms with E-state index in [-0.39, 0.29) is 5.60 Å². The second kappa shape index (κ2) is 8.86. The molecule has 0 N–H and O–H groups in total. The van der Waals surface area contributed by atoms with Gasteiger partial charge in [0.1, 0.15) is 0 Å². The first-order chi connectivity index (χ1) is 8.57. The lowest BCUT2D eigenvalue weighted by molar-refractivity contribution is -0.0287. The summed E-state index contributed by atoms with van der Waals surface area (Å²) in [5, 5.41) is 0. The smallest absolute Gasteiger partial charge is 0.374 e. The molecule has 0 bridgehead atoms. The fourth-order valence-electron chi connectivity index (χ4n) is 2.57. The van der Waals surface area contributed by atoms with Crippen molar-refractivity contribution in [3.63, 3.8) is 0 Å². The first-order valence-corrected chi connectivity index (χ1v) is 8.81. The van der Waals surface area contributed by atoms with E-state index >= 15 is 0 Å². The Labute approximate surface area is 114 Å². The van der Waals surface area contributed by atoms with Gasteiger partial charge in [0.05, 0.1) is 5.60 Å².